The molecule has 0 heterocycles. The van der Waals surface area contributed by atoms with Crippen LogP contribution in [0.5, 0.6) is 0 Å². The molecule has 0 bridgehead atoms. The molecule has 1 atom stereocenters. The van der Waals surface area contributed by atoms with E-state index in [1.165, 1.54) is 19.3 Å². The fourth-order valence-electron chi connectivity index (χ4n) is 1.23. The van der Waals surface area contributed by atoms with Crippen molar-refractivity contribution in [1.29, 1.82) is 5.26 Å². The van der Waals surface area contributed by atoms with Crippen LogP contribution in [0.25, 0.3) is 0 Å². The Morgan fingerprint density at radius 1 is 1.54 bits per heavy atom. The molecular formula is C12H19N. The predicted molar refractivity (Wildman–Crippen MR) is 57.2 cm³/mol. The van der Waals surface area contributed by atoms with Crippen LogP contribution in [0.4, 0.5) is 0 Å². The Labute approximate surface area is 81.8 Å². The van der Waals surface area contributed by atoms with E-state index in [9.17, 15) is 0 Å². The van der Waals surface area contributed by atoms with Crippen molar-refractivity contribution in [3.05, 3.63) is 23.8 Å². The van der Waals surface area contributed by atoms with Crippen LogP contribution in [0.3, 0.4) is 0 Å². The third-order valence-electron chi connectivity index (χ3n) is 1.95. The minimum absolute atomic E-state index is 0.519. The molecule has 0 aliphatic heterocycles. The number of allylic oxidation sites excluding steroid dienone is 4. The second-order valence-corrected chi connectivity index (χ2v) is 3.35. The maximum absolute atomic E-state index is 8.76. The second-order valence-electron chi connectivity index (χ2n) is 3.35. The van der Waals surface area contributed by atoms with Crippen LogP contribution in [-0.2, 0) is 0 Å². The zero-order valence-electron chi connectivity index (χ0n) is 8.88. The number of hydrogen-bond acceptors (Lipinski definition) is 1. The molecule has 0 saturated heterocycles. The first-order chi connectivity index (χ1) is 6.24. The van der Waals surface area contributed by atoms with Crippen molar-refractivity contribution in [2.45, 2.75) is 40.0 Å². The van der Waals surface area contributed by atoms with E-state index in [0.717, 1.165) is 5.57 Å². The molecule has 0 aromatic heterocycles. The number of nitriles is 1. The SMILES string of the molecule is C/C=C\C(C#N)=C/C(C)CCCC. The Balaban J connectivity index is 4.10. The van der Waals surface area contributed by atoms with Gasteiger partial charge in [-0.15, -0.1) is 0 Å². The van der Waals surface area contributed by atoms with E-state index in [0.29, 0.717) is 5.92 Å². The highest BCUT2D eigenvalue weighted by atomic mass is 14.2. The topological polar surface area (TPSA) is 23.8 Å². The van der Waals surface area contributed by atoms with Crippen molar-refractivity contribution < 1.29 is 0 Å². The van der Waals surface area contributed by atoms with Gasteiger partial charge in [0.25, 0.3) is 0 Å². The van der Waals surface area contributed by atoms with Crippen LogP contribution >= 0.6 is 0 Å². The first-order valence-corrected chi connectivity index (χ1v) is 4.99. The molecule has 0 saturated carbocycles. The standard InChI is InChI=1S/C12H19N/c1-4-6-8-11(3)9-12(10-13)7-5-2/h5,7,9,11H,4,6,8H2,1-3H3/b7-5-,12-9+. The number of nitrogens with zero attached hydrogens (tertiary/aromatic N) is 1. The van der Waals surface area contributed by atoms with Crippen molar-refractivity contribution >= 4 is 0 Å². The normalized spacial score (nSPS) is 14.5. The zero-order valence-corrected chi connectivity index (χ0v) is 8.88. The summed E-state index contributed by atoms with van der Waals surface area (Å²) in [5.41, 5.74) is 0.783. The first-order valence-electron chi connectivity index (χ1n) is 4.99. The molecule has 0 aliphatic carbocycles. The van der Waals surface area contributed by atoms with Gasteiger partial charge in [0.15, 0.2) is 0 Å². The molecular weight excluding hydrogens is 158 g/mol. The Morgan fingerprint density at radius 3 is 2.69 bits per heavy atom. The summed E-state index contributed by atoms with van der Waals surface area (Å²) in [6.45, 7) is 6.28. The van der Waals surface area contributed by atoms with Crippen molar-refractivity contribution in [3.8, 4) is 6.07 Å². The van der Waals surface area contributed by atoms with E-state index in [1.807, 2.05) is 19.1 Å². The van der Waals surface area contributed by atoms with E-state index in [2.05, 4.69) is 26.0 Å². The van der Waals surface area contributed by atoms with Gasteiger partial charge in [-0.1, -0.05) is 38.8 Å². The average molecular weight is 177 g/mol. The van der Waals surface area contributed by atoms with E-state index in [-0.39, 0.29) is 0 Å². The Hall–Kier alpha value is -1.03. The van der Waals surface area contributed by atoms with Gasteiger partial charge in [0.2, 0.25) is 0 Å². The smallest absolute Gasteiger partial charge is 0.0988 e. The van der Waals surface area contributed by atoms with Crippen molar-refractivity contribution in [1.82, 2.24) is 0 Å². The molecule has 0 N–H and O–H groups in total. The Morgan fingerprint density at radius 2 is 2.23 bits per heavy atom. The van der Waals surface area contributed by atoms with Crippen molar-refractivity contribution in [3.63, 3.8) is 0 Å². The van der Waals surface area contributed by atoms with Crippen molar-refractivity contribution in [2.24, 2.45) is 5.92 Å². The molecule has 0 rings (SSSR count). The molecule has 0 radical (unpaired) electrons. The largest absolute Gasteiger partial charge is 0.192 e. The monoisotopic (exact) mass is 177 g/mol. The lowest BCUT2D eigenvalue weighted by Crippen LogP contribution is -1.90. The fraction of sp³-hybridized carbons (Fsp3) is 0.583. The number of unbranched alkanes of at least 4 members (excludes halogenated alkanes) is 1. The lowest BCUT2D eigenvalue weighted by atomic mass is 10.0. The minimum atomic E-state index is 0.519. The fourth-order valence-corrected chi connectivity index (χ4v) is 1.23. The summed E-state index contributed by atoms with van der Waals surface area (Å²) in [5, 5.41) is 8.76. The molecule has 1 unspecified atom stereocenters. The minimum Gasteiger partial charge on any atom is -0.192 e. The third kappa shape index (κ3) is 6.16. The summed E-state index contributed by atoms with van der Waals surface area (Å²) in [5.74, 6) is 0.519. The zero-order chi connectivity index (χ0) is 10.1. The van der Waals surface area contributed by atoms with Crippen LogP contribution in [0.1, 0.15) is 40.0 Å². The number of rotatable bonds is 5. The Kier molecular flexibility index (Phi) is 7.01. The highest BCUT2D eigenvalue weighted by Crippen LogP contribution is 2.11. The molecule has 1 heteroatoms. The summed E-state index contributed by atoms with van der Waals surface area (Å²) in [7, 11) is 0. The molecule has 0 fully saturated rings. The summed E-state index contributed by atoms with van der Waals surface area (Å²) < 4.78 is 0. The van der Waals surface area contributed by atoms with E-state index in [1.54, 1.807) is 0 Å². The van der Waals surface area contributed by atoms with Gasteiger partial charge in [0.1, 0.15) is 0 Å². The average Bonchev–Trinajstić information content (AvgIpc) is 2.14. The lowest BCUT2D eigenvalue weighted by Gasteiger charge is -2.04. The number of hydrogen-bond donors (Lipinski definition) is 0. The van der Waals surface area contributed by atoms with Gasteiger partial charge in [-0.25, -0.2) is 0 Å². The first kappa shape index (κ1) is 12.0. The summed E-state index contributed by atoms with van der Waals surface area (Å²) in [6.07, 6.45) is 9.47. The van der Waals surface area contributed by atoms with Crippen LogP contribution in [0.2, 0.25) is 0 Å². The van der Waals surface area contributed by atoms with E-state index < -0.39 is 0 Å². The maximum atomic E-state index is 8.76. The molecule has 13 heavy (non-hydrogen) atoms. The quantitative estimate of drug-likeness (QED) is 0.462. The molecule has 0 aromatic rings. The lowest BCUT2D eigenvalue weighted by molar-refractivity contribution is 0.597. The van der Waals surface area contributed by atoms with Gasteiger partial charge < -0.3 is 0 Å². The molecule has 0 aromatic carbocycles. The molecule has 0 aliphatic rings. The van der Waals surface area contributed by atoms with Gasteiger partial charge in [0.05, 0.1) is 6.07 Å². The van der Waals surface area contributed by atoms with E-state index >= 15 is 0 Å². The third-order valence-corrected chi connectivity index (χ3v) is 1.95. The van der Waals surface area contributed by atoms with Crippen LogP contribution < -0.4 is 0 Å². The van der Waals surface area contributed by atoms with Crippen molar-refractivity contribution in [2.75, 3.05) is 0 Å². The molecule has 0 amide bonds. The van der Waals surface area contributed by atoms with Crippen LogP contribution in [0, 0.1) is 17.2 Å². The highest BCUT2D eigenvalue weighted by molar-refractivity contribution is 5.32. The summed E-state index contributed by atoms with van der Waals surface area (Å²) in [6, 6.07) is 2.18. The van der Waals surface area contributed by atoms with Gasteiger partial charge in [0, 0.05) is 5.57 Å². The van der Waals surface area contributed by atoms with Gasteiger partial charge in [-0.05, 0) is 25.3 Å². The van der Waals surface area contributed by atoms with E-state index in [4.69, 9.17) is 5.26 Å². The highest BCUT2D eigenvalue weighted by Gasteiger charge is 1.98. The predicted octanol–water partition coefficient (Wildman–Crippen LogP) is 3.84. The van der Waals surface area contributed by atoms with Crippen LogP contribution in [0.15, 0.2) is 23.8 Å². The molecule has 0 spiro atoms. The summed E-state index contributed by atoms with van der Waals surface area (Å²) >= 11 is 0. The Bertz CT molecular complexity index is 218. The second kappa shape index (κ2) is 7.61. The summed E-state index contributed by atoms with van der Waals surface area (Å²) in [4.78, 5) is 0. The van der Waals surface area contributed by atoms with Crippen LogP contribution in [-0.4, -0.2) is 0 Å². The molecule has 72 valence electrons. The van der Waals surface area contributed by atoms with Gasteiger partial charge in [-0.3, -0.25) is 0 Å². The van der Waals surface area contributed by atoms with Gasteiger partial charge >= 0.3 is 0 Å². The molecule has 1 nitrogen and oxygen atoms in total. The maximum Gasteiger partial charge on any atom is 0.0988 e. The van der Waals surface area contributed by atoms with Gasteiger partial charge in [-0.2, -0.15) is 5.26 Å².